The first-order valence-corrected chi connectivity index (χ1v) is 9.10. The largest absolute Gasteiger partial charge is 0.507 e. The quantitative estimate of drug-likeness (QED) is 0.855. The topological polar surface area (TPSA) is 79.5 Å². The number of likely N-dealkylation sites (tertiary alicyclic amines) is 1. The van der Waals surface area contributed by atoms with Crippen LogP contribution in [0.25, 0.3) is 11.5 Å². The fourth-order valence-corrected chi connectivity index (χ4v) is 3.77. The molecule has 3 rings (SSSR count). The Balaban J connectivity index is 1.63. The highest BCUT2D eigenvalue weighted by molar-refractivity contribution is 7.99. The first-order valence-electron chi connectivity index (χ1n) is 8.12. The van der Waals surface area contributed by atoms with Gasteiger partial charge in [0.15, 0.2) is 0 Å². The summed E-state index contributed by atoms with van der Waals surface area (Å²) in [5.74, 6) is 0.714. The van der Waals surface area contributed by atoms with Crippen molar-refractivity contribution < 1.29 is 14.3 Å². The Hall–Kier alpha value is -2.02. The minimum atomic E-state index is 0.0877. The predicted octanol–water partition coefficient (Wildman–Crippen LogP) is 3.32. The third-order valence-electron chi connectivity index (χ3n) is 4.34. The molecule has 0 unspecified atom stereocenters. The monoisotopic (exact) mass is 347 g/mol. The van der Waals surface area contributed by atoms with Gasteiger partial charge in [-0.3, -0.25) is 4.79 Å². The molecule has 1 aromatic heterocycles. The van der Waals surface area contributed by atoms with Crippen LogP contribution < -0.4 is 0 Å². The van der Waals surface area contributed by atoms with Gasteiger partial charge in [-0.15, -0.1) is 10.2 Å². The van der Waals surface area contributed by atoms with Gasteiger partial charge < -0.3 is 14.4 Å². The van der Waals surface area contributed by atoms with Crippen LogP contribution in [0.3, 0.4) is 0 Å². The molecule has 0 bridgehead atoms. The molecule has 0 radical (unpaired) electrons. The summed E-state index contributed by atoms with van der Waals surface area (Å²) in [4.78, 5) is 14.5. The SMILES string of the molecule is C[C@@H]1CCC[C@H](C)N1C(=O)CSc1nnc(-c2ccccc2O)o1. The fraction of sp³-hybridized carbons (Fsp3) is 0.471. The molecule has 1 aliphatic rings. The standard InChI is InChI=1S/C17H21N3O3S/c1-11-6-5-7-12(2)20(11)15(22)10-24-17-19-18-16(23-17)13-8-3-4-9-14(13)21/h3-4,8-9,11-12,21H,5-7,10H2,1-2H3/t11-,12+. The first-order chi connectivity index (χ1) is 11.6. The van der Waals surface area contributed by atoms with Gasteiger partial charge in [-0.25, -0.2) is 0 Å². The smallest absolute Gasteiger partial charge is 0.277 e. The Morgan fingerprint density at radius 1 is 1.29 bits per heavy atom. The van der Waals surface area contributed by atoms with Gasteiger partial charge in [0.25, 0.3) is 11.1 Å². The molecule has 0 aliphatic carbocycles. The average molecular weight is 347 g/mol. The van der Waals surface area contributed by atoms with Crippen molar-refractivity contribution in [3.63, 3.8) is 0 Å². The normalized spacial score (nSPS) is 21.0. The van der Waals surface area contributed by atoms with Crippen molar-refractivity contribution in [2.24, 2.45) is 0 Å². The van der Waals surface area contributed by atoms with Crippen LogP contribution in [-0.4, -0.2) is 43.9 Å². The number of para-hydroxylation sites is 1. The lowest BCUT2D eigenvalue weighted by atomic mass is 9.98. The highest BCUT2D eigenvalue weighted by Gasteiger charge is 2.29. The van der Waals surface area contributed by atoms with Crippen LogP contribution in [-0.2, 0) is 4.79 Å². The number of piperidine rings is 1. The van der Waals surface area contributed by atoms with Crippen LogP contribution in [0.15, 0.2) is 33.9 Å². The Morgan fingerprint density at radius 2 is 2.00 bits per heavy atom. The second-order valence-corrected chi connectivity index (χ2v) is 7.04. The minimum Gasteiger partial charge on any atom is -0.507 e. The molecule has 1 aliphatic heterocycles. The number of benzene rings is 1. The van der Waals surface area contributed by atoms with Crippen molar-refractivity contribution in [2.75, 3.05) is 5.75 Å². The average Bonchev–Trinajstić information content (AvgIpc) is 3.02. The minimum absolute atomic E-state index is 0.0877. The van der Waals surface area contributed by atoms with Crippen LogP contribution in [0.1, 0.15) is 33.1 Å². The van der Waals surface area contributed by atoms with Gasteiger partial charge in [0.1, 0.15) is 5.75 Å². The molecule has 2 atom stereocenters. The van der Waals surface area contributed by atoms with E-state index < -0.39 is 0 Å². The number of phenolic OH excluding ortho intramolecular Hbond substituents is 1. The van der Waals surface area contributed by atoms with Gasteiger partial charge in [-0.1, -0.05) is 23.9 Å². The van der Waals surface area contributed by atoms with Gasteiger partial charge in [0.2, 0.25) is 5.91 Å². The summed E-state index contributed by atoms with van der Waals surface area (Å²) in [5.41, 5.74) is 0.487. The summed E-state index contributed by atoms with van der Waals surface area (Å²) in [5, 5.41) is 18.1. The van der Waals surface area contributed by atoms with E-state index in [1.165, 1.54) is 18.2 Å². The van der Waals surface area contributed by atoms with Crippen LogP contribution >= 0.6 is 11.8 Å². The maximum absolute atomic E-state index is 12.5. The summed E-state index contributed by atoms with van der Waals surface area (Å²) >= 11 is 1.23. The first kappa shape index (κ1) is 16.8. The van der Waals surface area contributed by atoms with E-state index in [1.807, 2.05) is 4.90 Å². The van der Waals surface area contributed by atoms with E-state index >= 15 is 0 Å². The van der Waals surface area contributed by atoms with Crippen LogP contribution in [0.5, 0.6) is 5.75 Å². The lowest BCUT2D eigenvalue weighted by Gasteiger charge is -2.39. The molecule has 2 aromatic rings. The Labute approximate surface area is 145 Å². The number of carbonyl (C=O) groups is 1. The molecule has 6 nitrogen and oxygen atoms in total. The molecule has 1 aromatic carbocycles. The third kappa shape index (κ3) is 3.56. The number of aromatic nitrogens is 2. The third-order valence-corrected chi connectivity index (χ3v) is 5.14. The molecule has 1 N–H and O–H groups in total. The Bertz CT molecular complexity index is 709. The number of hydrogen-bond donors (Lipinski definition) is 1. The maximum Gasteiger partial charge on any atom is 0.277 e. The van der Waals surface area contributed by atoms with Crippen molar-refractivity contribution in [3.05, 3.63) is 24.3 Å². The maximum atomic E-state index is 12.5. The van der Waals surface area contributed by atoms with E-state index in [1.54, 1.807) is 24.3 Å². The Kier molecular flexibility index (Phi) is 5.08. The van der Waals surface area contributed by atoms with Crippen molar-refractivity contribution >= 4 is 17.7 Å². The molecule has 0 spiro atoms. The number of aromatic hydroxyl groups is 1. The van der Waals surface area contributed by atoms with E-state index in [9.17, 15) is 9.90 Å². The van der Waals surface area contributed by atoms with Crippen LogP contribution in [0.2, 0.25) is 0 Å². The molecule has 24 heavy (non-hydrogen) atoms. The van der Waals surface area contributed by atoms with E-state index in [-0.39, 0.29) is 35.4 Å². The predicted molar refractivity (Wildman–Crippen MR) is 91.7 cm³/mol. The van der Waals surface area contributed by atoms with E-state index in [2.05, 4.69) is 24.0 Å². The van der Waals surface area contributed by atoms with Crippen molar-refractivity contribution in [1.82, 2.24) is 15.1 Å². The molecule has 7 heteroatoms. The number of thioether (sulfide) groups is 1. The molecule has 1 fully saturated rings. The van der Waals surface area contributed by atoms with Gasteiger partial charge in [-0.05, 0) is 45.2 Å². The highest BCUT2D eigenvalue weighted by atomic mass is 32.2. The number of nitrogens with zero attached hydrogens (tertiary/aromatic N) is 3. The summed E-state index contributed by atoms with van der Waals surface area (Å²) in [6.07, 6.45) is 3.28. The highest BCUT2D eigenvalue weighted by Crippen LogP contribution is 2.30. The van der Waals surface area contributed by atoms with Gasteiger partial charge >= 0.3 is 0 Å². The van der Waals surface area contributed by atoms with Gasteiger partial charge in [-0.2, -0.15) is 0 Å². The van der Waals surface area contributed by atoms with Crippen LogP contribution in [0.4, 0.5) is 0 Å². The zero-order valence-corrected chi connectivity index (χ0v) is 14.6. The number of hydrogen-bond acceptors (Lipinski definition) is 6. The van der Waals surface area contributed by atoms with Gasteiger partial charge in [0.05, 0.1) is 11.3 Å². The lowest BCUT2D eigenvalue weighted by Crippen LogP contribution is -2.48. The molecule has 1 saturated heterocycles. The zero-order chi connectivity index (χ0) is 17.1. The van der Waals surface area contributed by atoms with E-state index in [4.69, 9.17) is 4.42 Å². The fourth-order valence-electron chi connectivity index (χ4n) is 3.14. The number of phenols is 1. The lowest BCUT2D eigenvalue weighted by molar-refractivity contribution is -0.134. The molecule has 0 saturated carbocycles. The summed E-state index contributed by atoms with van der Waals surface area (Å²) in [6.45, 7) is 4.20. The van der Waals surface area contributed by atoms with E-state index in [0.29, 0.717) is 10.8 Å². The van der Waals surface area contributed by atoms with Crippen molar-refractivity contribution in [2.45, 2.75) is 50.4 Å². The molecule has 128 valence electrons. The number of rotatable bonds is 4. The van der Waals surface area contributed by atoms with Gasteiger partial charge in [0, 0.05) is 12.1 Å². The summed E-state index contributed by atoms with van der Waals surface area (Å²) < 4.78 is 5.55. The molecule has 2 heterocycles. The van der Waals surface area contributed by atoms with Crippen molar-refractivity contribution in [1.29, 1.82) is 0 Å². The summed E-state index contributed by atoms with van der Waals surface area (Å²) in [7, 11) is 0. The molecular weight excluding hydrogens is 326 g/mol. The number of amides is 1. The second kappa shape index (κ2) is 7.25. The molecule has 1 amide bonds. The van der Waals surface area contributed by atoms with E-state index in [0.717, 1.165) is 12.8 Å². The van der Waals surface area contributed by atoms with Crippen LogP contribution in [0, 0.1) is 0 Å². The molecular formula is C17H21N3O3S. The Morgan fingerprint density at radius 3 is 2.71 bits per heavy atom. The zero-order valence-electron chi connectivity index (χ0n) is 13.8. The second-order valence-electron chi connectivity index (χ2n) is 6.11. The van der Waals surface area contributed by atoms with Crippen molar-refractivity contribution in [3.8, 4) is 17.2 Å². The summed E-state index contributed by atoms with van der Waals surface area (Å²) in [6, 6.07) is 7.34. The number of carbonyl (C=O) groups excluding carboxylic acids is 1.